The Morgan fingerprint density at radius 3 is 2.82 bits per heavy atom. The quantitative estimate of drug-likeness (QED) is 0.787. The number of rotatable bonds is 5. The predicted molar refractivity (Wildman–Crippen MR) is 71.0 cm³/mol. The lowest BCUT2D eigenvalue weighted by Crippen LogP contribution is -2.27. The van der Waals surface area contributed by atoms with Gasteiger partial charge in [-0.05, 0) is 18.6 Å². The summed E-state index contributed by atoms with van der Waals surface area (Å²) in [6.45, 7) is 3.26. The zero-order chi connectivity index (χ0) is 12.7. The summed E-state index contributed by atoms with van der Waals surface area (Å²) in [5.74, 6) is 2.41. The van der Waals surface area contributed by atoms with E-state index >= 15 is 0 Å². The molecule has 0 atom stereocenters. The third-order valence-electron chi connectivity index (χ3n) is 2.40. The zero-order valence-corrected chi connectivity index (χ0v) is 10.4. The molecule has 17 heavy (non-hydrogen) atoms. The molecule has 1 rings (SSSR count). The van der Waals surface area contributed by atoms with Gasteiger partial charge in [0, 0.05) is 19.3 Å². The Morgan fingerprint density at radius 2 is 2.18 bits per heavy atom. The van der Waals surface area contributed by atoms with Gasteiger partial charge in [-0.15, -0.1) is 6.42 Å². The number of benzene rings is 1. The molecule has 0 saturated carbocycles. The summed E-state index contributed by atoms with van der Waals surface area (Å²) in [4.78, 5) is 13.6. The topological polar surface area (TPSA) is 32.3 Å². The number of nitrogens with one attached hydrogen (secondary N) is 1. The molecule has 0 saturated heterocycles. The third kappa shape index (κ3) is 3.53. The Balaban J connectivity index is 2.89. The van der Waals surface area contributed by atoms with Crippen LogP contribution >= 0.6 is 0 Å². The highest BCUT2D eigenvalue weighted by Crippen LogP contribution is 2.16. The van der Waals surface area contributed by atoms with E-state index in [1.54, 1.807) is 7.05 Å². The number of amides is 1. The molecule has 0 aliphatic heterocycles. The van der Waals surface area contributed by atoms with Crippen LogP contribution in [0.2, 0.25) is 0 Å². The Kier molecular flexibility index (Phi) is 5.09. The molecule has 0 fully saturated rings. The lowest BCUT2D eigenvalue weighted by molar-refractivity contribution is 0.0813. The largest absolute Gasteiger partial charge is 0.384 e. The van der Waals surface area contributed by atoms with Crippen molar-refractivity contribution in [2.45, 2.75) is 13.3 Å². The lowest BCUT2D eigenvalue weighted by atomic mass is 10.1. The van der Waals surface area contributed by atoms with Crippen LogP contribution in [0.1, 0.15) is 23.7 Å². The van der Waals surface area contributed by atoms with Gasteiger partial charge in [0.25, 0.3) is 5.91 Å². The van der Waals surface area contributed by atoms with Crippen LogP contribution in [0, 0.1) is 12.3 Å². The molecule has 1 N–H and O–H groups in total. The van der Waals surface area contributed by atoms with Gasteiger partial charge in [0.2, 0.25) is 0 Å². The van der Waals surface area contributed by atoms with Crippen molar-refractivity contribution in [2.24, 2.45) is 0 Å². The van der Waals surface area contributed by atoms with Crippen molar-refractivity contribution in [3.8, 4) is 12.3 Å². The number of carbonyl (C=O) groups excluding carboxylic acids is 1. The van der Waals surface area contributed by atoms with E-state index in [4.69, 9.17) is 6.42 Å². The summed E-state index contributed by atoms with van der Waals surface area (Å²) in [6, 6.07) is 7.49. The molecule has 0 heterocycles. The van der Waals surface area contributed by atoms with Crippen molar-refractivity contribution < 1.29 is 4.79 Å². The molecule has 0 unspecified atom stereocenters. The Bertz CT molecular complexity index is 420. The molecule has 0 aromatic heterocycles. The first-order valence-electron chi connectivity index (χ1n) is 5.72. The van der Waals surface area contributed by atoms with E-state index in [9.17, 15) is 4.79 Å². The molecule has 1 amide bonds. The number of carbonyl (C=O) groups is 1. The predicted octanol–water partition coefficient (Wildman–Crippen LogP) is 2.21. The SMILES string of the molecule is C#CCN(C)C(=O)c1ccccc1NCCC. The van der Waals surface area contributed by atoms with Crippen LogP contribution in [0.25, 0.3) is 0 Å². The van der Waals surface area contributed by atoms with Crippen LogP contribution in [0.3, 0.4) is 0 Å². The molecule has 1 aromatic rings. The van der Waals surface area contributed by atoms with E-state index in [0.717, 1.165) is 18.7 Å². The summed E-state index contributed by atoms with van der Waals surface area (Å²) in [5.41, 5.74) is 1.53. The van der Waals surface area contributed by atoms with Gasteiger partial charge in [0.05, 0.1) is 12.1 Å². The van der Waals surface area contributed by atoms with Crippen LogP contribution < -0.4 is 5.32 Å². The highest BCUT2D eigenvalue weighted by atomic mass is 16.2. The fraction of sp³-hybridized carbons (Fsp3) is 0.357. The van der Waals surface area contributed by atoms with E-state index in [0.29, 0.717) is 12.1 Å². The lowest BCUT2D eigenvalue weighted by Gasteiger charge is -2.17. The molecule has 90 valence electrons. The second-order valence-electron chi connectivity index (χ2n) is 3.84. The molecular weight excluding hydrogens is 212 g/mol. The number of hydrogen-bond donors (Lipinski definition) is 1. The van der Waals surface area contributed by atoms with Crippen LogP contribution in [0.5, 0.6) is 0 Å². The van der Waals surface area contributed by atoms with E-state index in [-0.39, 0.29) is 5.91 Å². The van der Waals surface area contributed by atoms with Gasteiger partial charge in [-0.3, -0.25) is 4.79 Å². The minimum atomic E-state index is -0.0536. The second kappa shape index (κ2) is 6.59. The third-order valence-corrected chi connectivity index (χ3v) is 2.40. The minimum absolute atomic E-state index is 0.0536. The molecule has 0 spiro atoms. The number of nitrogens with zero attached hydrogens (tertiary/aromatic N) is 1. The number of terminal acetylenes is 1. The van der Waals surface area contributed by atoms with Gasteiger partial charge in [-0.1, -0.05) is 25.0 Å². The molecule has 3 nitrogen and oxygen atoms in total. The van der Waals surface area contributed by atoms with E-state index < -0.39 is 0 Å². The molecule has 0 aliphatic carbocycles. The van der Waals surface area contributed by atoms with Gasteiger partial charge in [-0.25, -0.2) is 0 Å². The van der Waals surface area contributed by atoms with E-state index in [1.165, 1.54) is 4.90 Å². The summed E-state index contributed by atoms with van der Waals surface area (Å²) in [7, 11) is 1.71. The van der Waals surface area contributed by atoms with E-state index in [1.807, 2.05) is 24.3 Å². The summed E-state index contributed by atoms with van der Waals surface area (Å²) < 4.78 is 0. The summed E-state index contributed by atoms with van der Waals surface area (Å²) in [5, 5.41) is 3.24. The smallest absolute Gasteiger partial charge is 0.256 e. The Labute approximate surface area is 103 Å². The molecule has 0 aliphatic rings. The minimum Gasteiger partial charge on any atom is -0.384 e. The van der Waals surface area contributed by atoms with Crippen molar-refractivity contribution in [2.75, 3.05) is 25.5 Å². The normalized spacial score (nSPS) is 9.47. The fourth-order valence-electron chi connectivity index (χ4n) is 1.50. The van der Waals surface area contributed by atoms with Crippen molar-refractivity contribution in [1.29, 1.82) is 0 Å². The molecule has 3 heteroatoms. The summed E-state index contributed by atoms with van der Waals surface area (Å²) >= 11 is 0. The van der Waals surface area contributed by atoms with Gasteiger partial charge >= 0.3 is 0 Å². The average Bonchev–Trinajstić information content (AvgIpc) is 2.36. The molecule has 0 bridgehead atoms. The molecule has 1 aromatic carbocycles. The van der Waals surface area contributed by atoms with Gasteiger partial charge in [0.15, 0.2) is 0 Å². The second-order valence-corrected chi connectivity index (χ2v) is 3.84. The first-order valence-corrected chi connectivity index (χ1v) is 5.72. The number of para-hydroxylation sites is 1. The fourth-order valence-corrected chi connectivity index (χ4v) is 1.50. The first-order chi connectivity index (χ1) is 8.20. The van der Waals surface area contributed by atoms with Crippen LogP contribution in [-0.2, 0) is 0 Å². The van der Waals surface area contributed by atoms with Crippen molar-refractivity contribution >= 4 is 11.6 Å². The van der Waals surface area contributed by atoms with Gasteiger partial charge in [0.1, 0.15) is 0 Å². The van der Waals surface area contributed by atoms with Gasteiger partial charge in [-0.2, -0.15) is 0 Å². The van der Waals surface area contributed by atoms with E-state index in [2.05, 4.69) is 18.2 Å². The first kappa shape index (κ1) is 13.1. The molecule has 0 radical (unpaired) electrons. The number of anilines is 1. The summed E-state index contributed by atoms with van der Waals surface area (Å²) in [6.07, 6.45) is 6.22. The highest BCUT2D eigenvalue weighted by Gasteiger charge is 2.14. The highest BCUT2D eigenvalue weighted by molar-refractivity contribution is 5.99. The zero-order valence-electron chi connectivity index (χ0n) is 10.4. The van der Waals surface area contributed by atoms with Crippen LogP contribution in [-0.4, -0.2) is 30.9 Å². The van der Waals surface area contributed by atoms with Crippen molar-refractivity contribution in [3.05, 3.63) is 29.8 Å². The van der Waals surface area contributed by atoms with Crippen LogP contribution in [0.4, 0.5) is 5.69 Å². The maximum atomic E-state index is 12.1. The number of hydrogen-bond acceptors (Lipinski definition) is 2. The average molecular weight is 230 g/mol. The maximum Gasteiger partial charge on any atom is 0.256 e. The Morgan fingerprint density at radius 1 is 1.47 bits per heavy atom. The van der Waals surface area contributed by atoms with Crippen molar-refractivity contribution in [3.63, 3.8) is 0 Å². The van der Waals surface area contributed by atoms with Crippen LogP contribution in [0.15, 0.2) is 24.3 Å². The van der Waals surface area contributed by atoms with Gasteiger partial charge < -0.3 is 10.2 Å². The monoisotopic (exact) mass is 230 g/mol. The Hall–Kier alpha value is -1.95. The maximum absolute atomic E-state index is 12.1. The van der Waals surface area contributed by atoms with Crippen molar-refractivity contribution in [1.82, 2.24) is 4.90 Å². The standard InChI is InChI=1S/C14H18N2O/c1-4-10-15-13-9-7-6-8-12(13)14(17)16(3)11-5-2/h2,6-9,15H,4,10-11H2,1,3H3. The molecular formula is C14H18N2O.